The number of alkyl halides is 1. The van der Waals surface area contributed by atoms with E-state index in [-0.39, 0.29) is 23.5 Å². The van der Waals surface area contributed by atoms with Crippen molar-refractivity contribution in [3.63, 3.8) is 0 Å². The molecule has 0 bridgehead atoms. The van der Waals surface area contributed by atoms with Crippen molar-refractivity contribution >= 4 is 33.7 Å². The summed E-state index contributed by atoms with van der Waals surface area (Å²) in [6, 6.07) is 4.61. The van der Waals surface area contributed by atoms with Crippen LogP contribution in [0.3, 0.4) is 0 Å². The maximum atomic E-state index is 11.6. The Morgan fingerprint density at radius 3 is 2.37 bits per heavy atom. The van der Waals surface area contributed by atoms with E-state index in [2.05, 4.69) is 15.9 Å². The first-order valence-electron chi connectivity index (χ1n) is 5.48. The lowest BCUT2D eigenvalue weighted by Crippen LogP contribution is -2.08. The van der Waals surface area contributed by atoms with Crippen LogP contribution >= 0.6 is 15.9 Å². The van der Waals surface area contributed by atoms with E-state index in [1.54, 1.807) is 12.1 Å². The van der Waals surface area contributed by atoms with Gasteiger partial charge in [-0.1, -0.05) is 15.9 Å². The highest BCUT2D eigenvalue weighted by molar-refractivity contribution is 9.09. The van der Waals surface area contributed by atoms with E-state index < -0.39 is 11.9 Å². The van der Waals surface area contributed by atoms with Crippen molar-refractivity contribution in [3.05, 3.63) is 29.3 Å². The average Bonchev–Trinajstić information content (AvgIpc) is 2.35. The van der Waals surface area contributed by atoms with Gasteiger partial charge in [0.1, 0.15) is 12.4 Å². The molecule has 0 fully saturated rings. The second kappa shape index (κ2) is 7.04. The molecule has 0 aliphatic carbocycles. The molecule has 0 saturated heterocycles. The van der Waals surface area contributed by atoms with Crippen molar-refractivity contribution in [2.24, 2.45) is 0 Å². The minimum Gasteiger partial charge on any atom is -0.461 e. The number of ether oxygens (including phenoxy) is 2. The maximum absolute atomic E-state index is 11.6. The van der Waals surface area contributed by atoms with Crippen molar-refractivity contribution in [3.8, 4) is 5.75 Å². The summed E-state index contributed by atoms with van der Waals surface area (Å²) in [5.74, 6) is -0.770. The van der Waals surface area contributed by atoms with Crippen LogP contribution in [0.4, 0.5) is 0 Å². The Kier molecular flexibility index (Phi) is 5.69. The van der Waals surface area contributed by atoms with Crippen LogP contribution < -0.4 is 4.74 Å². The van der Waals surface area contributed by atoms with Gasteiger partial charge in [0.2, 0.25) is 0 Å². The molecule has 6 heteroatoms. The lowest BCUT2D eigenvalue weighted by Gasteiger charge is -2.10. The Morgan fingerprint density at radius 1 is 1.16 bits per heavy atom. The van der Waals surface area contributed by atoms with Gasteiger partial charge < -0.3 is 9.47 Å². The summed E-state index contributed by atoms with van der Waals surface area (Å²) in [5, 5.41) is 0.187. The number of esters is 2. The zero-order chi connectivity index (χ0) is 14.4. The van der Waals surface area contributed by atoms with Crippen molar-refractivity contribution < 1.29 is 23.9 Å². The van der Waals surface area contributed by atoms with E-state index in [0.29, 0.717) is 11.1 Å². The average molecular weight is 329 g/mol. The Balaban J connectivity index is 3.06. The molecule has 0 unspecified atom stereocenters. The zero-order valence-corrected chi connectivity index (χ0v) is 12.2. The summed E-state index contributed by atoms with van der Waals surface area (Å²) in [5.41, 5.74) is 0.923. The Bertz CT molecular complexity index is 510. The summed E-state index contributed by atoms with van der Waals surface area (Å²) in [6.45, 7) is 2.49. The topological polar surface area (TPSA) is 69.7 Å². The molecular weight excluding hydrogens is 316 g/mol. The molecule has 0 saturated carbocycles. The van der Waals surface area contributed by atoms with E-state index in [1.807, 2.05) is 0 Å². The number of benzene rings is 1. The second-order valence-electron chi connectivity index (χ2n) is 3.75. The van der Waals surface area contributed by atoms with Gasteiger partial charge in [-0.15, -0.1) is 0 Å². The quantitative estimate of drug-likeness (QED) is 0.359. The van der Waals surface area contributed by atoms with Crippen molar-refractivity contribution in [2.75, 3.05) is 5.33 Å². The summed E-state index contributed by atoms with van der Waals surface area (Å²) < 4.78 is 9.86. The number of ketones is 1. The van der Waals surface area contributed by atoms with Gasteiger partial charge in [-0.2, -0.15) is 0 Å². The van der Waals surface area contributed by atoms with Crippen LogP contribution in [0.2, 0.25) is 0 Å². The van der Waals surface area contributed by atoms with Gasteiger partial charge in [-0.05, 0) is 18.2 Å². The van der Waals surface area contributed by atoms with Gasteiger partial charge in [0.15, 0.2) is 5.78 Å². The molecule has 0 N–H and O–H groups in total. The van der Waals surface area contributed by atoms with Gasteiger partial charge in [-0.3, -0.25) is 14.4 Å². The van der Waals surface area contributed by atoms with E-state index in [1.165, 1.54) is 19.9 Å². The molecule has 0 aromatic heterocycles. The minimum atomic E-state index is -0.483. The van der Waals surface area contributed by atoms with Crippen LogP contribution in [0.5, 0.6) is 5.75 Å². The number of hydrogen-bond donors (Lipinski definition) is 0. The fourth-order valence-electron chi connectivity index (χ4n) is 1.38. The number of carbonyl (C=O) groups is 3. The lowest BCUT2D eigenvalue weighted by molar-refractivity contribution is -0.142. The number of carbonyl (C=O) groups excluding carboxylic acids is 3. The molecule has 102 valence electrons. The number of halogens is 1. The number of Topliss-reactive ketones (excluding diaryl/α,β-unsaturated/α-hetero) is 1. The first-order chi connectivity index (χ1) is 8.93. The Hall–Kier alpha value is -1.69. The highest BCUT2D eigenvalue weighted by Crippen LogP contribution is 2.22. The minimum absolute atomic E-state index is 0.0542. The van der Waals surface area contributed by atoms with Crippen LogP contribution in [0.15, 0.2) is 18.2 Å². The predicted molar refractivity (Wildman–Crippen MR) is 71.3 cm³/mol. The summed E-state index contributed by atoms with van der Waals surface area (Å²) in [4.78, 5) is 33.4. The third-order valence-corrected chi connectivity index (χ3v) is 2.70. The maximum Gasteiger partial charge on any atom is 0.308 e. The molecule has 19 heavy (non-hydrogen) atoms. The summed E-state index contributed by atoms with van der Waals surface area (Å²) >= 11 is 3.08. The summed E-state index contributed by atoms with van der Waals surface area (Å²) in [7, 11) is 0. The van der Waals surface area contributed by atoms with Crippen LogP contribution in [0, 0.1) is 0 Å². The first kappa shape index (κ1) is 15.4. The smallest absolute Gasteiger partial charge is 0.308 e. The van der Waals surface area contributed by atoms with Crippen molar-refractivity contribution in [2.45, 2.75) is 20.5 Å². The third kappa shape index (κ3) is 4.82. The Labute approximate surface area is 119 Å². The molecular formula is C13H13BrO5. The van der Waals surface area contributed by atoms with Gasteiger partial charge in [0.05, 0.1) is 5.33 Å². The standard InChI is InChI=1S/C13H13BrO5/c1-8(15)18-7-11-5-10(12(17)6-14)3-4-13(11)19-9(2)16/h3-5H,6-7H2,1-2H3. The molecule has 0 radical (unpaired) electrons. The third-order valence-electron chi connectivity index (χ3n) is 2.19. The molecule has 0 aliphatic heterocycles. The molecule has 0 spiro atoms. The van der Waals surface area contributed by atoms with Gasteiger partial charge in [-0.25, -0.2) is 0 Å². The fourth-order valence-corrected chi connectivity index (χ4v) is 1.70. The van der Waals surface area contributed by atoms with Crippen LogP contribution in [-0.4, -0.2) is 23.1 Å². The molecule has 0 heterocycles. The lowest BCUT2D eigenvalue weighted by atomic mass is 10.1. The monoisotopic (exact) mass is 328 g/mol. The highest BCUT2D eigenvalue weighted by Gasteiger charge is 2.12. The molecule has 1 aromatic rings. The number of hydrogen-bond acceptors (Lipinski definition) is 5. The molecule has 5 nitrogen and oxygen atoms in total. The normalized spacial score (nSPS) is 9.84. The SMILES string of the molecule is CC(=O)OCc1cc(C(=O)CBr)ccc1OC(C)=O. The van der Waals surface area contributed by atoms with Crippen LogP contribution in [0.1, 0.15) is 29.8 Å². The van der Waals surface area contributed by atoms with E-state index in [0.717, 1.165) is 0 Å². The highest BCUT2D eigenvalue weighted by atomic mass is 79.9. The van der Waals surface area contributed by atoms with Crippen LogP contribution in [-0.2, 0) is 20.9 Å². The molecule has 1 rings (SSSR count). The predicted octanol–water partition coefficient (Wildman–Crippen LogP) is 2.25. The molecule has 0 atom stereocenters. The van der Waals surface area contributed by atoms with E-state index in [9.17, 15) is 14.4 Å². The largest absolute Gasteiger partial charge is 0.461 e. The number of rotatable bonds is 5. The Morgan fingerprint density at radius 2 is 1.84 bits per heavy atom. The van der Waals surface area contributed by atoms with Gasteiger partial charge in [0.25, 0.3) is 0 Å². The fraction of sp³-hybridized carbons (Fsp3) is 0.308. The first-order valence-corrected chi connectivity index (χ1v) is 6.60. The molecule has 0 amide bonds. The molecule has 0 aliphatic rings. The second-order valence-corrected chi connectivity index (χ2v) is 4.31. The van der Waals surface area contributed by atoms with Gasteiger partial charge >= 0.3 is 11.9 Å². The van der Waals surface area contributed by atoms with Crippen molar-refractivity contribution in [1.82, 2.24) is 0 Å². The van der Waals surface area contributed by atoms with Crippen LogP contribution in [0.25, 0.3) is 0 Å². The zero-order valence-electron chi connectivity index (χ0n) is 10.6. The van der Waals surface area contributed by atoms with Crippen molar-refractivity contribution in [1.29, 1.82) is 0 Å². The van der Waals surface area contributed by atoms with Gasteiger partial charge in [0, 0.05) is 25.0 Å². The molecule has 1 aromatic carbocycles. The summed E-state index contributed by atoms with van der Waals surface area (Å²) in [6.07, 6.45) is 0. The van der Waals surface area contributed by atoms with E-state index >= 15 is 0 Å². The van der Waals surface area contributed by atoms with E-state index in [4.69, 9.17) is 9.47 Å².